The van der Waals surface area contributed by atoms with Gasteiger partial charge in [-0.1, -0.05) is 88.1 Å². The minimum atomic E-state index is -0.348. The van der Waals surface area contributed by atoms with Crippen molar-refractivity contribution in [3.63, 3.8) is 0 Å². The summed E-state index contributed by atoms with van der Waals surface area (Å²) in [5, 5.41) is 9.86. The van der Waals surface area contributed by atoms with Crippen LogP contribution in [-0.2, 0) is 6.42 Å². The van der Waals surface area contributed by atoms with Gasteiger partial charge in [-0.2, -0.15) is 0 Å². The molecule has 0 aliphatic heterocycles. The second-order valence-electron chi connectivity index (χ2n) is 6.41. The number of aryl methyl sites for hydroxylation is 1. The Kier molecular flexibility index (Phi) is 7.35. The average Bonchev–Trinajstić information content (AvgIpc) is 2.61. The fourth-order valence-corrected chi connectivity index (χ4v) is 2.93. The molecule has 0 spiro atoms. The van der Waals surface area contributed by atoms with E-state index in [1.54, 1.807) is 0 Å². The molecule has 23 heavy (non-hydrogen) atoms. The summed E-state index contributed by atoms with van der Waals surface area (Å²) in [6, 6.07) is 17.2. The maximum atomic E-state index is 9.86. The van der Waals surface area contributed by atoms with E-state index < -0.39 is 0 Å². The highest BCUT2D eigenvalue weighted by atomic mass is 16.3. The molecule has 1 heteroatoms. The SMILES string of the molecule is CCCCCCCc1ccc(-c2ccc(C(O)CC)cc2)cc1. The molecule has 0 bridgehead atoms. The Morgan fingerprint density at radius 2 is 1.30 bits per heavy atom. The van der Waals surface area contributed by atoms with Crippen LogP contribution in [0.3, 0.4) is 0 Å². The lowest BCUT2D eigenvalue weighted by Crippen LogP contribution is -1.94. The smallest absolute Gasteiger partial charge is 0.0787 e. The van der Waals surface area contributed by atoms with Gasteiger partial charge in [-0.25, -0.2) is 0 Å². The number of unbranched alkanes of at least 4 members (excludes halogenated alkanes) is 4. The largest absolute Gasteiger partial charge is 0.388 e. The van der Waals surface area contributed by atoms with Gasteiger partial charge in [-0.15, -0.1) is 0 Å². The number of benzene rings is 2. The Balaban J connectivity index is 1.91. The molecule has 2 aromatic rings. The zero-order chi connectivity index (χ0) is 16.5. The van der Waals surface area contributed by atoms with Crippen molar-refractivity contribution >= 4 is 0 Å². The first-order valence-corrected chi connectivity index (χ1v) is 9.12. The number of aliphatic hydroxyl groups is 1. The highest BCUT2D eigenvalue weighted by Crippen LogP contribution is 2.24. The van der Waals surface area contributed by atoms with Gasteiger partial charge in [-0.05, 0) is 41.5 Å². The van der Waals surface area contributed by atoms with E-state index in [1.165, 1.54) is 55.2 Å². The van der Waals surface area contributed by atoms with Gasteiger partial charge in [0.2, 0.25) is 0 Å². The van der Waals surface area contributed by atoms with Crippen LogP contribution < -0.4 is 0 Å². The van der Waals surface area contributed by atoms with Gasteiger partial charge in [0.05, 0.1) is 6.10 Å². The van der Waals surface area contributed by atoms with Crippen LogP contribution in [0.4, 0.5) is 0 Å². The molecule has 0 saturated carbocycles. The number of hydrogen-bond donors (Lipinski definition) is 1. The van der Waals surface area contributed by atoms with Crippen LogP contribution in [0.5, 0.6) is 0 Å². The molecular weight excluding hydrogens is 280 g/mol. The van der Waals surface area contributed by atoms with E-state index in [4.69, 9.17) is 0 Å². The Hall–Kier alpha value is -1.60. The van der Waals surface area contributed by atoms with Crippen LogP contribution in [0.2, 0.25) is 0 Å². The molecule has 124 valence electrons. The van der Waals surface area contributed by atoms with E-state index in [-0.39, 0.29) is 6.10 Å². The minimum Gasteiger partial charge on any atom is -0.388 e. The Bertz CT molecular complexity index is 554. The highest BCUT2D eigenvalue weighted by molar-refractivity contribution is 5.64. The summed E-state index contributed by atoms with van der Waals surface area (Å²) >= 11 is 0. The maximum Gasteiger partial charge on any atom is 0.0787 e. The van der Waals surface area contributed by atoms with Gasteiger partial charge in [0, 0.05) is 0 Å². The lowest BCUT2D eigenvalue weighted by molar-refractivity contribution is 0.173. The van der Waals surface area contributed by atoms with E-state index in [9.17, 15) is 5.11 Å². The molecule has 2 aromatic carbocycles. The normalized spacial score (nSPS) is 12.3. The van der Waals surface area contributed by atoms with E-state index in [1.807, 2.05) is 19.1 Å². The zero-order valence-electron chi connectivity index (χ0n) is 14.6. The molecule has 0 saturated heterocycles. The second-order valence-corrected chi connectivity index (χ2v) is 6.41. The second kappa shape index (κ2) is 9.52. The number of aliphatic hydroxyl groups excluding tert-OH is 1. The summed E-state index contributed by atoms with van der Waals surface area (Å²) in [6.45, 7) is 4.26. The number of rotatable bonds is 9. The van der Waals surface area contributed by atoms with Crippen molar-refractivity contribution in [3.05, 3.63) is 59.7 Å². The summed E-state index contributed by atoms with van der Waals surface area (Å²) < 4.78 is 0. The Labute approximate surface area is 141 Å². The van der Waals surface area contributed by atoms with E-state index in [0.29, 0.717) is 0 Å². The summed E-state index contributed by atoms with van der Waals surface area (Å²) in [5.74, 6) is 0. The summed E-state index contributed by atoms with van der Waals surface area (Å²) in [4.78, 5) is 0. The first kappa shape index (κ1) is 17.7. The summed E-state index contributed by atoms with van der Waals surface area (Å²) in [6.07, 6.45) is 8.27. The van der Waals surface area contributed by atoms with Crippen LogP contribution in [0.15, 0.2) is 48.5 Å². The molecule has 1 nitrogen and oxygen atoms in total. The molecule has 0 aromatic heterocycles. The van der Waals surface area contributed by atoms with Crippen LogP contribution in [0.25, 0.3) is 11.1 Å². The first-order valence-electron chi connectivity index (χ1n) is 9.12. The third-order valence-electron chi connectivity index (χ3n) is 4.54. The van der Waals surface area contributed by atoms with E-state index in [2.05, 4.69) is 43.3 Å². The van der Waals surface area contributed by atoms with Crippen LogP contribution in [0, 0.1) is 0 Å². The molecule has 0 radical (unpaired) electrons. The lowest BCUT2D eigenvalue weighted by Gasteiger charge is -2.09. The van der Waals surface area contributed by atoms with Crippen LogP contribution >= 0.6 is 0 Å². The zero-order valence-corrected chi connectivity index (χ0v) is 14.6. The van der Waals surface area contributed by atoms with Crippen molar-refractivity contribution in [1.29, 1.82) is 0 Å². The standard InChI is InChI=1S/C22H30O/c1-3-5-6-7-8-9-18-10-12-19(13-11-18)20-14-16-21(17-15-20)22(23)4-2/h10-17,22-23H,3-9H2,1-2H3. The average molecular weight is 310 g/mol. The summed E-state index contributed by atoms with van der Waals surface area (Å²) in [5.41, 5.74) is 4.90. The predicted octanol–water partition coefficient (Wildman–Crippen LogP) is 6.31. The highest BCUT2D eigenvalue weighted by Gasteiger charge is 2.05. The third-order valence-corrected chi connectivity index (χ3v) is 4.54. The molecule has 1 N–H and O–H groups in total. The van der Waals surface area contributed by atoms with Gasteiger partial charge < -0.3 is 5.11 Å². The molecule has 0 amide bonds. The van der Waals surface area contributed by atoms with Crippen molar-refractivity contribution in [3.8, 4) is 11.1 Å². The molecule has 2 rings (SSSR count). The van der Waals surface area contributed by atoms with Crippen LogP contribution in [0.1, 0.15) is 69.6 Å². The van der Waals surface area contributed by atoms with Gasteiger partial charge in [0.15, 0.2) is 0 Å². The van der Waals surface area contributed by atoms with Crippen molar-refractivity contribution in [2.75, 3.05) is 0 Å². The van der Waals surface area contributed by atoms with Crippen molar-refractivity contribution in [2.45, 2.75) is 64.9 Å². The molecule has 1 unspecified atom stereocenters. The van der Waals surface area contributed by atoms with Gasteiger partial charge in [0.1, 0.15) is 0 Å². The van der Waals surface area contributed by atoms with Crippen LogP contribution in [-0.4, -0.2) is 5.11 Å². The van der Waals surface area contributed by atoms with Crippen molar-refractivity contribution < 1.29 is 5.11 Å². The molecule has 0 aliphatic carbocycles. The Morgan fingerprint density at radius 3 is 1.87 bits per heavy atom. The fourth-order valence-electron chi connectivity index (χ4n) is 2.93. The third kappa shape index (κ3) is 5.51. The van der Waals surface area contributed by atoms with E-state index in [0.717, 1.165) is 12.0 Å². The number of hydrogen-bond acceptors (Lipinski definition) is 1. The van der Waals surface area contributed by atoms with Gasteiger partial charge in [0.25, 0.3) is 0 Å². The lowest BCUT2D eigenvalue weighted by atomic mass is 9.99. The fraction of sp³-hybridized carbons (Fsp3) is 0.455. The quantitative estimate of drug-likeness (QED) is 0.538. The minimum absolute atomic E-state index is 0.348. The first-order chi connectivity index (χ1) is 11.2. The summed E-state index contributed by atoms with van der Waals surface area (Å²) in [7, 11) is 0. The molecule has 0 heterocycles. The molecule has 0 fully saturated rings. The van der Waals surface area contributed by atoms with Gasteiger partial charge >= 0.3 is 0 Å². The predicted molar refractivity (Wildman–Crippen MR) is 99.6 cm³/mol. The molecule has 1 atom stereocenters. The van der Waals surface area contributed by atoms with Crippen molar-refractivity contribution in [1.82, 2.24) is 0 Å². The molecular formula is C22H30O. The molecule has 0 aliphatic rings. The Morgan fingerprint density at radius 1 is 0.739 bits per heavy atom. The van der Waals surface area contributed by atoms with Gasteiger partial charge in [-0.3, -0.25) is 0 Å². The van der Waals surface area contributed by atoms with E-state index >= 15 is 0 Å². The van der Waals surface area contributed by atoms with Crippen molar-refractivity contribution in [2.24, 2.45) is 0 Å². The monoisotopic (exact) mass is 310 g/mol. The maximum absolute atomic E-state index is 9.86. The topological polar surface area (TPSA) is 20.2 Å².